The summed E-state index contributed by atoms with van der Waals surface area (Å²) in [4.78, 5) is 1.47. The number of hydrogen-bond acceptors (Lipinski definition) is 3. The Morgan fingerprint density at radius 2 is 2.17 bits per heavy atom. The van der Waals surface area contributed by atoms with Crippen LogP contribution in [0.1, 0.15) is 24.3 Å². The first kappa shape index (κ1) is 12.5. The Bertz CT molecular complexity index is 392. The Morgan fingerprint density at radius 1 is 1.28 bits per heavy atom. The number of ether oxygens (including phenoxy) is 1. The van der Waals surface area contributed by atoms with Crippen molar-refractivity contribution in [1.82, 2.24) is 5.32 Å². The quantitative estimate of drug-likeness (QED) is 0.764. The highest BCUT2D eigenvalue weighted by molar-refractivity contribution is 7.99. The first-order valence-corrected chi connectivity index (χ1v) is 7.92. The van der Waals surface area contributed by atoms with E-state index in [1.807, 2.05) is 11.8 Å². The zero-order valence-corrected chi connectivity index (χ0v) is 11.5. The predicted octanol–water partition coefficient (Wildman–Crippen LogP) is 2.89. The molecule has 1 heterocycles. The second-order valence-corrected chi connectivity index (χ2v) is 6.33. The van der Waals surface area contributed by atoms with E-state index in [1.165, 1.54) is 29.1 Å². The second kappa shape index (κ2) is 6.09. The Labute approximate surface area is 113 Å². The summed E-state index contributed by atoms with van der Waals surface area (Å²) in [6.45, 7) is 3.90. The minimum atomic E-state index is 0.676. The summed E-state index contributed by atoms with van der Waals surface area (Å²) in [5.74, 6) is 2.77. The van der Waals surface area contributed by atoms with Crippen LogP contribution in [-0.4, -0.2) is 32.1 Å². The fraction of sp³-hybridized carbons (Fsp3) is 0.600. The molecule has 3 heteroatoms. The van der Waals surface area contributed by atoms with Gasteiger partial charge in [0.2, 0.25) is 0 Å². The van der Waals surface area contributed by atoms with E-state index in [9.17, 15) is 0 Å². The van der Waals surface area contributed by atoms with Crippen molar-refractivity contribution >= 4 is 11.8 Å². The van der Waals surface area contributed by atoms with Crippen LogP contribution < -0.4 is 5.32 Å². The summed E-state index contributed by atoms with van der Waals surface area (Å²) < 4.78 is 5.62. The molecule has 1 aromatic rings. The molecule has 1 aliphatic heterocycles. The predicted molar refractivity (Wildman–Crippen MR) is 76.3 cm³/mol. The molecule has 2 nitrogen and oxygen atoms in total. The van der Waals surface area contributed by atoms with E-state index in [2.05, 4.69) is 29.6 Å². The van der Waals surface area contributed by atoms with Crippen LogP contribution >= 0.6 is 11.8 Å². The minimum Gasteiger partial charge on any atom is -0.380 e. The van der Waals surface area contributed by atoms with Crippen LogP contribution in [0.4, 0.5) is 0 Å². The molecule has 0 spiro atoms. The summed E-state index contributed by atoms with van der Waals surface area (Å²) in [6, 6.07) is 8.79. The molecule has 1 aromatic carbocycles. The van der Waals surface area contributed by atoms with Crippen molar-refractivity contribution in [3.05, 3.63) is 29.8 Å². The smallest absolute Gasteiger partial charge is 0.0591 e. The molecule has 1 saturated carbocycles. The zero-order chi connectivity index (χ0) is 12.2. The lowest BCUT2D eigenvalue weighted by atomic mass is 10.0. The first-order chi connectivity index (χ1) is 8.93. The van der Waals surface area contributed by atoms with Crippen LogP contribution in [0.5, 0.6) is 0 Å². The van der Waals surface area contributed by atoms with Crippen LogP contribution in [0.15, 0.2) is 29.2 Å². The van der Waals surface area contributed by atoms with Gasteiger partial charge in [0.05, 0.1) is 6.61 Å². The number of thioether (sulfide) groups is 1. The SMILES string of the molecule is c1ccc2c(c1)SCC2CNCCOCC1CC1. The third-order valence-electron chi connectivity index (χ3n) is 3.66. The first-order valence-electron chi connectivity index (χ1n) is 6.93. The molecule has 1 N–H and O–H groups in total. The summed E-state index contributed by atoms with van der Waals surface area (Å²) in [5.41, 5.74) is 1.52. The summed E-state index contributed by atoms with van der Waals surface area (Å²) in [6.07, 6.45) is 2.76. The van der Waals surface area contributed by atoms with E-state index in [0.717, 1.165) is 32.2 Å². The lowest BCUT2D eigenvalue weighted by Crippen LogP contribution is -2.25. The molecular weight excluding hydrogens is 242 g/mol. The van der Waals surface area contributed by atoms with Crippen molar-refractivity contribution in [2.75, 3.05) is 32.1 Å². The monoisotopic (exact) mass is 263 g/mol. The lowest BCUT2D eigenvalue weighted by molar-refractivity contribution is 0.126. The van der Waals surface area contributed by atoms with E-state index >= 15 is 0 Å². The van der Waals surface area contributed by atoms with Crippen molar-refractivity contribution in [2.45, 2.75) is 23.7 Å². The number of benzene rings is 1. The Balaban J connectivity index is 1.34. The van der Waals surface area contributed by atoms with Gasteiger partial charge in [-0.25, -0.2) is 0 Å². The second-order valence-electron chi connectivity index (χ2n) is 5.27. The topological polar surface area (TPSA) is 21.3 Å². The average Bonchev–Trinajstić information content (AvgIpc) is 3.14. The third-order valence-corrected chi connectivity index (χ3v) is 4.92. The largest absolute Gasteiger partial charge is 0.380 e. The van der Waals surface area contributed by atoms with Gasteiger partial charge in [-0.1, -0.05) is 18.2 Å². The van der Waals surface area contributed by atoms with Crippen LogP contribution in [0.2, 0.25) is 0 Å². The standard InChI is InChI=1S/C15H21NOS/c1-2-4-15-14(3-1)13(11-18-15)9-16-7-8-17-10-12-5-6-12/h1-4,12-13,16H,5-11H2. The van der Waals surface area contributed by atoms with Crippen molar-refractivity contribution in [2.24, 2.45) is 5.92 Å². The van der Waals surface area contributed by atoms with Gasteiger partial charge in [-0.05, 0) is 30.4 Å². The zero-order valence-electron chi connectivity index (χ0n) is 10.7. The van der Waals surface area contributed by atoms with Crippen molar-refractivity contribution in [1.29, 1.82) is 0 Å². The molecule has 1 atom stereocenters. The Kier molecular flexibility index (Phi) is 4.24. The van der Waals surface area contributed by atoms with Crippen LogP contribution in [-0.2, 0) is 4.74 Å². The van der Waals surface area contributed by atoms with Gasteiger partial charge >= 0.3 is 0 Å². The molecule has 0 amide bonds. The maximum atomic E-state index is 5.62. The van der Waals surface area contributed by atoms with Gasteiger partial charge in [-0.15, -0.1) is 11.8 Å². The maximum Gasteiger partial charge on any atom is 0.0591 e. The average molecular weight is 263 g/mol. The van der Waals surface area contributed by atoms with E-state index in [4.69, 9.17) is 4.74 Å². The summed E-state index contributed by atoms with van der Waals surface area (Å²) in [5, 5.41) is 3.52. The molecule has 0 radical (unpaired) electrons. The lowest BCUT2D eigenvalue weighted by Gasteiger charge is -2.12. The summed E-state index contributed by atoms with van der Waals surface area (Å²) >= 11 is 1.99. The van der Waals surface area contributed by atoms with Gasteiger partial charge in [-0.2, -0.15) is 0 Å². The van der Waals surface area contributed by atoms with Gasteiger partial charge in [0, 0.05) is 36.3 Å². The third kappa shape index (κ3) is 3.28. The molecule has 1 aliphatic carbocycles. The number of rotatable bonds is 7. The molecule has 0 bridgehead atoms. The van der Waals surface area contributed by atoms with Gasteiger partial charge < -0.3 is 10.1 Å². The molecule has 0 saturated heterocycles. The molecular formula is C15H21NOS. The molecule has 2 aliphatic rings. The summed E-state index contributed by atoms with van der Waals surface area (Å²) in [7, 11) is 0. The Morgan fingerprint density at radius 3 is 3.06 bits per heavy atom. The molecule has 0 aromatic heterocycles. The van der Waals surface area contributed by atoms with Crippen molar-refractivity contribution < 1.29 is 4.74 Å². The van der Waals surface area contributed by atoms with E-state index < -0.39 is 0 Å². The minimum absolute atomic E-state index is 0.676. The molecule has 1 fully saturated rings. The highest BCUT2D eigenvalue weighted by atomic mass is 32.2. The molecule has 1 unspecified atom stereocenters. The maximum absolute atomic E-state index is 5.62. The van der Waals surface area contributed by atoms with Crippen molar-refractivity contribution in [3.63, 3.8) is 0 Å². The highest BCUT2D eigenvalue weighted by Gasteiger charge is 2.22. The fourth-order valence-corrected chi connectivity index (χ4v) is 3.61. The van der Waals surface area contributed by atoms with Crippen molar-refractivity contribution in [3.8, 4) is 0 Å². The number of nitrogens with one attached hydrogen (secondary N) is 1. The van der Waals surface area contributed by atoms with Crippen LogP contribution in [0.25, 0.3) is 0 Å². The van der Waals surface area contributed by atoms with Gasteiger partial charge in [0.25, 0.3) is 0 Å². The molecule has 3 rings (SSSR count). The highest BCUT2D eigenvalue weighted by Crippen LogP contribution is 2.38. The number of hydrogen-bond donors (Lipinski definition) is 1. The molecule has 98 valence electrons. The van der Waals surface area contributed by atoms with E-state index in [0.29, 0.717) is 5.92 Å². The fourth-order valence-electron chi connectivity index (χ4n) is 2.35. The van der Waals surface area contributed by atoms with Gasteiger partial charge in [-0.3, -0.25) is 0 Å². The van der Waals surface area contributed by atoms with Gasteiger partial charge in [0.15, 0.2) is 0 Å². The van der Waals surface area contributed by atoms with Gasteiger partial charge in [0.1, 0.15) is 0 Å². The number of fused-ring (bicyclic) bond motifs is 1. The van der Waals surface area contributed by atoms with E-state index in [-0.39, 0.29) is 0 Å². The van der Waals surface area contributed by atoms with E-state index in [1.54, 1.807) is 0 Å². The Hall–Kier alpha value is -0.510. The van der Waals surface area contributed by atoms with Crippen LogP contribution in [0.3, 0.4) is 0 Å². The van der Waals surface area contributed by atoms with Crippen LogP contribution in [0, 0.1) is 5.92 Å². The molecule has 18 heavy (non-hydrogen) atoms. The normalized spacial score (nSPS) is 22.1.